The van der Waals surface area contributed by atoms with E-state index in [-0.39, 0.29) is 24.8 Å². The number of fused-ring (bicyclic) bond motifs is 1. The fourth-order valence-electron chi connectivity index (χ4n) is 3.16. The van der Waals surface area contributed by atoms with Gasteiger partial charge in [0.15, 0.2) is 11.8 Å². The van der Waals surface area contributed by atoms with Crippen LogP contribution < -0.4 is 0 Å². The second-order valence-electron chi connectivity index (χ2n) is 6.23. The summed E-state index contributed by atoms with van der Waals surface area (Å²) in [5.74, 6) is -1.44. The van der Waals surface area contributed by atoms with Crippen LogP contribution in [0.4, 0.5) is 0 Å². The Morgan fingerprint density at radius 2 is 2.11 bits per heavy atom. The second kappa shape index (κ2) is 6.76. The van der Waals surface area contributed by atoms with Crippen molar-refractivity contribution in [2.75, 3.05) is 19.7 Å². The van der Waals surface area contributed by atoms with E-state index in [1.165, 1.54) is 4.90 Å². The van der Waals surface area contributed by atoms with Gasteiger partial charge in [-0.15, -0.1) is 5.10 Å². The van der Waals surface area contributed by atoms with Crippen LogP contribution in [0.3, 0.4) is 0 Å². The van der Waals surface area contributed by atoms with E-state index in [1.807, 2.05) is 30.3 Å². The first kappa shape index (κ1) is 17.1. The number of amides is 1. The Morgan fingerprint density at radius 1 is 1.26 bits per heavy atom. The van der Waals surface area contributed by atoms with Crippen molar-refractivity contribution in [3.8, 4) is 5.69 Å². The minimum Gasteiger partial charge on any atom is -0.479 e. The van der Waals surface area contributed by atoms with Gasteiger partial charge in [-0.25, -0.2) is 9.48 Å². The van der Waals surface area contributed by atoms with Crippen LogP contribution in [0.2, 0.25) is 0 Å². The first-order valence-electron chi connectivity index (χ1n) is 8.46. The van der Waals surface area contributed by atoms with E-state index >= 15 is 0 Å². The minimum atomic E-state index is -1.09. The summed E-state index contributed by atoms with van der Waals surface area (Å²) in [7, 11) is 0. The van der Waals surface area contributed by atoms with Crippen molar-refractivity contribution >= 4 is 22.8 Å². The molecule has 0 radical (unpaired) electrons. The SMILES string of the molecule is Cc1c(C(=O)N2CCO[C@H](C(=O)O)C2)nnn1-c1cccc2ncccc12. The molecule has 1 aliphatic heterocycles. The average Bonchev–Trinajstić information content (AvgIpc) is 3.08. The van der Waals surface area contributed by atoms with Crippen LogP contribution in [-0.2, 0) is 9.53 Å². The van der Waals surface area contributed by atoms with Crippen molar-refractivity contribution in [3.05, 3.63) is 47.9 Å². The number of carboxylic acids is 1. The van der Waals surface area contributed by atoms with Crippen molar-refractivity contribution in [1.82, 2.24) is 24.9 Å². The maximum absolute atomic E-state index is 12.8. The van der Waals surface area contributed by atoms with Gasteiger partial charge in [0.25, 0.3) is 5.91 Å². The number of aliphatic carboxylic acids is 1. The number of hydrogen-bond acceptors (Lipinski definition) is 6. The molecule has 9 nitrogen and oxygen atoms in total. The molecular formula is C18H17N5O4. The highest BCUT2D eigenvalue weighted by Crippen LogP contribution is 2.22. The second-order valence-corrected chi connectivity index (χ2v) is 6.23. The molecule has 0 saturated carbocycles. The van der Waals surface area contributed by atoms with E-state index in [1.54, 1.807) is 17.8 Å². The molecule has 27 heavy (non-hydrogen) atoms. The van der Waals surface area contributed by atoms with Gasteiger partial charge in [0.1, 0.15) is 0 Å². The van der Waals surface area contributed by atoms with Gasteiger partial charge in [-0.1, -0.05) is 11.3 Å². The smallest absolute Gasteiger partial charge is 0.334 e. The van der Waals surface area contributed by atoms with Gasteiger partial charge < -0.3 is 14.7 Å². The molecule has 3 aromatic rings. The lowest BCUT2D eigenvalue weighted by atomic mass is 10.1. The fourth-order valence-corrected chi connectivity index (χ4v) is 3.16. The number of carbonyl (C=O) groups excluding carboxylic acids is 1. The summed E-state index contributed by atoms with van der Waals surface area (Å²) in [4.78, 5) is 29.8. The summed E-state index contributed by atoms with van der Waals surface area (Å²) in [6, 6.07) is 9.42. The first-order valence-corrected chi connectivity index (χ1v) is 8.46. The van der Waals surface area contributed by atoms with Crippen LogP contribution in [-0.4, -0.2) is 67.7 Å². The maximum atomic E-state index is 12.8. The van der Waals surface area contributed by atoms with Crippen molar-refractivity contribution in [2.45, 2.75) is 13.0 Å². The molecule has 0 spiro atoms. The van der Waals surface area contributed by atoms with Gasteiger partial charge in [-0.2, -0.15) is 0 Å². The lowest BCUT2D eigenvalue weighted by Gasteiger charge is -2.30. The molecule has 2 aromatic heterocycles. The van der Waals surface area contributed by atoms with E-state index in [2.05, 4.69) is 15.3 Å². The van der Waals surface area contributed by atoms with Crippen LogP contribution in [0.5, 0.6) is 0 Å². The predicted molar refractivity (Wildman–Crippen MR) is 94.7 cm³/mol. The highest BCUT2D eigenvalue weighted by atomic mass is 16.5. The number of benzene rings is 1. The zero-order valence-electron chi connectivity index (χ0n) is 14.6. The Balaban J connectivity index is 1.68. The number of pyridine rings is 1. The van der Waals surface area contributed by atoms with Crippen LogP contribution in [0.25, 0.3) is 16.6 Å². The molecule has 3 heterocycles. The Labute approximate surface area is 154 Å². The first-order chi connectivity index (χ1) is 13.1. The number of ether oxygens (including phenoxy) is 1. The highest BCUT2D eigenvalue weighted by Gasteiger charge is 2.31. The lowest BCUT2D eigenvalue weighted by molar-refractivity contribution is -0.154. The molecule has 4 rings (SSSR count). The number of nitrogens with zero attached hydrogens (tertiary/aromatic N) is 5. The minimum absolute atomic E-state index is 0.0152. The highest BCUT2D eigenvalue weighted by molar-refractivity contribution is 5.94. The lowest BCUT2D eigenvalue weighted by Crippen LogP contribution is -2.48. The third-order valence-corrected chi connectivity index (χ3v) is 4.58. The van der Waals surface area contributed by atoms with E-state index in [4.69, 9.17) is 9.84 Å². The summed E-state index contributed by atoms with van der Waals surface area (Å²) in [5.41, 5.74) is 2.36. The number of aromatic nitrogens is 4. The molecule has 1 atom stereocenters. The van der Waals surface area contributed by atoms with Gasteiger partial charge in [0, 0.05) is 18.1 Å². The summed E-state index contributed by atoms with van der Waals surface area (Å²) in [6.07, 6.45) is 0.689. The molecule has 0 bridgehead atoms. The van der Waals surface area contributed by atoms with Crippen LogP contribution in [0.15, 0.2) is 36.5 Å². The van der Waals surface area contributed by atoms with Gasteiger partial charge in [-0.3, -0.25) is 9.78 Å². The molecule has 1 aromatic carbocycles. The van der Waals surface area contributed by atoms with Gasteiger partial charge in [-0.05, 0) is 31.2 Å². The topological polar surface area (TPSA) is 110 Å². The molecule has 1 amide bonds. The molecule has 9 heteroatoms. The molecule has 1 aliphatic rings. The summed E-state index contributed by atoms with van der Waals surface area (Å²) >= 11 is 0. The number of carboxylic acid groups (broad SMARTS) is 1. The Kier molecular flexibility index (Phi) is 4.28. The number of hydrogen-bond donors (Lipinski definition) is 1. The van der Waals surface area contributed by atoms with Crippen LogP contribution in [0.1, 0.15) is 16.2 Å². The normalized spacial score (nSPS) is 17.2. The Morgan fingerprint density at radius 3 is 2.93 bits per heavy atom. The van der Waals surface area contributed by atoms with Crippen molar-refractivity contribution < 1.29 is 19.4 Å². The molecule has 1 fully saturated rings. The standard InChI is InChI=1S/C18H17N5O4/c1-11-16(17(24)22-8-9-27-15(10-22)18(25)26)20-21-23(11)14-6-2-5-13-12(14)4-3-7-19-13/h2-7,15H,8-10H2,1H3,(H,25,26)/t15-/m0/s1. The maximum Gasteiger partial charge on any atom is 0.334 e. The molecule has 1 N–H and O–H groups in total. The van der Waals surface area contributed by atoms with Crippen molar-refractivity contribution in [1.29, 1.82) is 0 Å². The number of rotatable bonds is 3. The monoisotopic (exact) mass is 367 g/mol. The summed E-state index contributed by atoms with van der Waals surface area (Å²) in [6.45, 7) is 2.23. The van der Waals surface area contributed by atoms with Gasteiger partial charge >= 0.3 is 5.97 Å². The van der Waals surface area contributed by atoms with Crippen molar-refractivity contribution in [2.24, 2.45) is 0 Å². The van der Waals surface area contributed by atoms with Crippen LogP contribution >= 0.6 is 0 Å². The third kappa shape index (κ3) is 3.02. The van der Waals surface area contributed by atoms with E-state index < -0.39 is 12.1 Å². The molecule has 0 unspecified atom stereocenters. The largest absolute Gasteiger partial charge is 0.479 e. The third-order valence-electron chi connectivity index (χ3n) is 4.58. The van der Waals surface area contributed by atoms with Crippen molar-refractivity contribution in [3.63, 3.8) is 0 Å². The summed E-state index contributed by atoms with van der Waals surface area (Å²) < 4.78 is 6.77. The van der Waals surface area contributed by atoms with Crippen LogP contribution in [0, 0.1) is 6.92 Å². The van der Waals surface area contributed by atoms with E-state index in [0.717, 1.165) is 16.6 Å². The Bertz CT molecular complexity index is 1030. The fraction of sp³-hybridized carbons (Fsp3) is 0.278. The zero-order valence-corrected chi connectivity index (χ0v) is 14.6. The molecule has 0 aliphatic carbocycles. The predicted octanol–water partition coefficient (Wildman–Crippen LogP) is 1.05. The van der Waals surface area contributed by atoms with Gasteiger partial charge in [0.05, 0.1) is 30.0 Å². The van der Waals surface area contributed by atoms with E-state index in [0.29, 0.717) is 12.2 Å². The quantitative estimate of drug-likeness (QED) is 0.736. The number of morpholine rings is 1. The Hall–Kier alpha value is -3.33. The van der Waals surface area contributed by atoms with Gasteiger partial charge in [0.2, 0.25) is 0 Å². The summed E-state index contributed by atoms with van der Waals surface area (Å²) in [5, 5.41) is 18.2. The van der Waals surface area contributed by atoms with E-state index in [9.17, 15) is 9.59 Å². The average molecular weight is 367 g/mol. The molecule has 1 saturated heterocycles. The molecular weight excluding hydrogens is 350 g/mol. The molecule has 138 valence electrons. The number of carbonyl (C=O) groups is 2. The zero-order chi connectivity index (χ0) is 19.0.